The number of amides is 2. The van der Waals surface area contributed by atoms with E-state index in [0.717, 1.165) is 58.0 Å². The summed E-state index contributed by atoms with van der Waals surface area (Å²) in [4.78, 5) is 26.9. The Labute approximate surface area is 150 Å². The first-order valence-corrected chi connectivity index (χ1v) is 9.89. The fraction of sp³-hybridized carbons (Fsp3) is 0.619. The number of carbonyl (C=O) groups is 2. The van der Waals surface area contributed by atoms with Gasteiger partial charge in [-0.15, -0.1) is 0 Å². The first-order valence-electron chi connectivity index (χ1n) is 9.89. The lowest BCUT2D eigenvalue weighted by Crippen LogP contribution is -2.44. The van der Waals surface area contributed by atoms with Crippen LogP contribution < -0.4 is 5.32 Å². The van der Waals surface area contributed by atoms with Crippen molar-refractivity contribution < 1.29 is 9.59 Å². The van der Waals surface area contributed by atoms with Gasteiger partial charge in [0.2, 0.25) is 11.8 Å². The third-order valence-corrected chi connectivity index (χ3v) is 6.04. The van der Waals surface area contributed by atoms with Gasteiger partial charge in [-0.3, -0.25) is 9.59 Å². The lowest BCUT2D eigenvalue weighted by atomic mass is 9.93. The van der Waals surface area contributed by atoms with Crippen LogP contribution in [0.25, 0.3) is 0 Å². The van der Waals surface area contributed by atoms with E-state index < -0.39 is 0 Å². The fourth-order valence-electron chi connectivity index (χ4n) is 4.31. The maximum absolute atomic E-state index is 12.8. The smallest absolute Gasteiger partial charge is 0.225 e. The van der Waals surface area contributed by atoms with Crippen LogP contribution >= 0.6 is 0 Å². The van der Waals surface area contributed by atoms with Gasteiger partial charge in [0.25, 0.3) is 0 Å². The van der Waals surface area contributed by atoms with Crippen molar-refractivity contribution in [3.8, 4) is 0 Å². The first kappa shape index (κ1) is 16.6. The molecule has 134 valence electrons. The molecule has 1 aliphatic heterocycles. The molecule has 0 unspecified atom stereocenters. The molecule has 1 saturated carbocycles. The lowest BCUT2D eigenvalue weighted by Gasteiger charge is -2.32. The summed E-state index contributed by atoms with van der Waals surface area (Å²) in [5.41, 5.74) is 2.69. The summed E-state index contributed by atoms with van der Waals surface area (Å²) >= 11 is 0. The lowest BCUT2D eigenvalue weighted by molar-refractivity contribution is -0.136. The summed E-state index contributed by atoms with van der Waals surface area (Å²) in [6.07, 6.45) is 8.23. The minimum absolute atomic E-state index is 0.0543. The van der Waals surface area contributed by atoms with Crippen LogP contribution in [0.1, 0.15) is 62.1 Å². The zero-order valence-electron chi connectivity index (χ0n) is 14.9. The SMILES string of the molecule is O=C(N[C@@H]1CCCCc2ccccc21)C1CCN(C(=O)C2CC2)CC1. The van der Waals surface area contributed by atoms with Crippen molar-refractivity contribution in [2.75, 3.05) is 13.1 Å². The maximum atomic E-state index is 12.8. The van der Waals surface area contributed by atoms with Crippen molar-refractivity contribution in [2.45, 2.75) is 57.4 Å². The number of nitrogens with one attached hydrogen (secondary N) is 1. The zero-order chi connectivity index (χ0) is 17.2. The molecule has 1 saturated heterocycles. The van der Waals surface area contributed by atoms with Gasteiger partial charge in [0.15, 0.2) is 0 Å². The summed E-state index contributed by atoms with van der Waals surface area (Å²) in [7, 11) is 0. The molecule has 0 bridgehead atoms. The molecule has 4 nitrogen and oxygen atoms in total. The number of fused-ring (bicyclic) bond motifs is 1. The van der Waals surface area contributed by atoms with Crippen molar-refractivity contribution in [2.24, 2.45) is 11.8 Å². The van der Waals surface area contributed by atoms with Crippen LogP contribution in [-0.4, -0.2) is 29.8 Å². The molecule has 2 amide bonds. The third-order valence-electron chi connectivity index (χ3n) is 6.04. The van der Waals surface area contributed by atoms with Gasteiger partial charge in [-0.2, -0.15) is 0 Å². The molecule has 0 aromatic heterocycles. The maximum Gasteiger partial charge on any atom is 0.225 e. The summed E-state index contributed by atoms with van der Waals surface area (Å²) in [6, 6.07) is 8.68. The minimum Gasteiger partial charge on any atom is -0.349 e. The predicted molar refractivity (Wildman–Crippen MR) is 96.9 cm³/mol. The van der Waals surface area contributed by atoms with Crippen LogP contribution in [0.2, 0.25) is 0 Å². The summed E-state index contributed by atoms with van der Waals surface area (Å²) in [5.74, 6) is 0.836. The highest BCUT2D eigenvalue weighted by molar-refractivity contribution is 5.82. The van der Waals surface area contributed by atoms with Gasteiger partial charge >= 0.3 is 0 Å². The van der Waals surface area contributed by atoms with Crippen LogP contribution in [0.15, 0.2) is 24.3 Å². The Hall–Kier alpha value is -1.84. The largest absolute Gasteiger partial charge is 0.349 e. The molecule has 2 aliphatic carbocycles. The van der Waals surface area contributed by atoms with Crippen LogP contribution in [0.3, 0.4) is 0 Å². The van der Waals surface area contributed by atoms with E-state index in [9.17, 15) is 9.59 Å². The van der Waals surface area contributed by atoms with Gasteiger partial charge < -0.3 is 10.2 Å². The highest BCUT2D eigenvalue weighted by atomic mass is 16.2. The number of nitrogens with zero attached hydrogens (tertiary/aromatic N) is 1. The molecule has 4 rings (SSSR count). The van der Waals surface area contributed by atoms with E-state index in [1.807, 2.05) is 4.90 Å². The van der Waals surface area contributed by atoms with E-state index in [4.69, 9.17) is 0 Å². The molecule has 0 spiro atoms. The third kappa shape index (κ3) is 3.73. The van der Waals surface area contributed by atoms with Crippen molar-refractivity contribution in [1.82, 2.24) is 10.2 Å². The van der Waals surface area contributed by atoms with Gasteiger partial charge in [0, 0.05) is 24.9 Å². The molecule has 1 heterocycles. The number of hydrogen-bond donors (Lipinski definition) is 1. The van der Waals surface area contributed by atoms with E-state index >= 15 is 0 Å². The van der Waals surface area contributed by atoms with Crippen LogP contribution in [0.5, 0.6) is 0 Å². The van der Waals surface area contributed by atoms with Crippen LogP contribution in [0, 0.1) is 11.8 Å². The predicted octanol–water partition coefficient (Wildman–Crippen LogP) is 3.22. The summed E-state index contributed by atoms with van der Waals surface area (Å²) in [6.45, 7) is 1.49. The fourth-order valence-corrected chi connectivity index (χ4v) is 4.31. The van der Waals surface area contributed by atoms with Gasteiger partial charge in [-0.05, 0) is 56.1 Å². The number of rotatable bonds is 3. The Morgan fingerprint density at radius 2 is 1.68 bits per heavy atom. The molecule has 25 heavy (non-hydrogen) atoms. The van der Waals surface area contributed by atoms with Crippen molar-refractivity contribution in [3.63, 3.8) is 0 Å². The number of piperidine rings is 1. The van der Waals surface area contributed by atoms with Gasteiger partial charge in [0.1, 0.15) is 0 Å². The highest BCUT2D eigenvalue weighted by Gasteiger charge is 2.36. The molecule has 4 heteroatoms. The molecule has 1 aromatic rings. The van der Waals surface area contributed by atoms with Crippen molar-refractivity contribution in [3.05, 3.63) is 35.4 Å². The van der Waals surface area contributed by atoms with E-state index in [-0.39, 0.29) is 23.8 Å². The summed E-state index contributed by atoms with van der Waals surface area (Å²) < 4.78 is 0. The zero-order valence-corrected chi connectivity index (χ0v) is 14.9. The Morgan fingerprint density at radius 1 is 0.920 bits per heavy atom. The standard InChI is InChI=1S/C21H28N2O2/c24-20(16-11-13-23(14-12-16)21(25)17-9-10-17)22-19-8-4-2-6-15-5-1-3-7-18(15)19/h1,3,5,7,16-17,19H,2,4,6,8-14H2,(H,22,24)/t19-/m1/s1. The van der Waals surface area contributed by atoms with E-state index in [2.05, 4.69) is 29.6 Å². The minimum atomic E-state index is 0.0543. The molecule has 2 fully saturated rings. The van der Waals surface area contributed by atoms with Crippen molar-refractivity contribution >= 4 is 11.8 Å². The second-order valence-electron chi connectivity index (χ2n) is 7.88. The summed E-state index contributed by atoms with van der Waals surface area (Å²) in [5, 5.41) is 3.32. The topological polar surface area (TPSA) is 49.4 Å². The van der Waals surface area contributed by atoms with Crippen molar-refractivity contribution in [1.29, 1.82) is 0 Å². The Bertz CT molecular complexity index is 645. The number of carbonyl (C=O) groups excluding carboxylic acids is 2. The molecule has 1 aromatic carbocycles. The highest BCUT2D eigenvalue weighted by Crippen LogP contribution is 2.33. The number of aryl methyl sites for hydroxylation is 1. The number of benzene rings is 1. The molecular weight excluding hydrogens is 312 g/mol. The molecule has 3 aliphatic rings. The quantitative estimate of drug-likeness (QED) is 0.859. The normalized spacial score (nSPS) is 24.3. The van der Waals surface area contributed by atoms with E-state index in [0.29, 0.717) is 5.91 Å². The molecule has 1 N–H and O–H groups in total. The average molecular weight is 340 g/mol. The van der Waals surface area contributed by atoms with Gasteiger partial charge in [-0.25, -0.2) is 0 Å². The van der Waals surface area contributed by atoms with Crippen LogP contribution in [0.4, 0.5) is 0 Å². The number of hydrogen-bond acceptors (Lipinski definition) is 2. The Morgan fingerprint density at radius 3 is 2.44 bits per heavy atom. The molecule has 1 atom stereocenters. The second kappa shape index (κ2) is 7.19. The van der Waals surface area contributed by atoms with Gasteiger partial charge in [-0.1, -0.05) is 30.7 Å². The van der Waals surface area contributed by atoms with E-state index in [1.165, 1.54) is 17.5 Å². The number of likely N-dealkylation sites (tertiary alicyclic amines) is 1. The first-order chi connectivity index (χ1) is 12.2. The van der Waals surface area contributed by atoms with Gasteiger partial charge in [0.05, 0.1) is 6.04 Å². The Balaban J connectivity index is 1.35. The van der Waals surface area contributed by atoms with Crippen LogP contribution in [-0.2, 0) is 16.0 Å². The molecule has 0 radical (unpaired) electrons. The average Bonchev–Trinajstić information content (AvgIpc) is 3.49. The van der Waals surface area contributed by atoms with E-state index in [1.54, 1.807) is 0 Å². The Kier molecular flexibility index (Phi) is 4.78. The molecular formula is C21H28N2O2. The monoisotopic (exact) mass is 340 g/mol. The second-order valence-corrected chi connectivity index (χ2v) is 7.88.